The number of nitrogens with two attached hydrogens (primary N) is 1. The van der Waals surface area contributed by atoms with Gasteiger partial charge in [-0.15, -0.1) is 0 Å². The van der Waals surface area contributed by atoms with Gasteiger partial charge in [0.25, 0.3) is 0 Å². The highest BCUT2D eigenvalue weighted by atomic mass is 32.2. The summed E-state index contributed by atoms with van der Waals surface area (Å²) in [4.78, 5) is 15.8. The van der Waals surface area contributed by atoms with Crippen molar-refractivity contribution in [3.8, 4) is 11.5 Å². The summed E-state index contributed by atoms with van der Waals surface area (Å²) in [6.07, 6.45) is 1.39. The fourth-order valence-electron chi connectivity index (χ4n) is 1.87. The van der Waals surface area contributed by atoms with Crippen LogP contribution in [0.3, 0.4) is 0 Å². The molecular weight excluding hydrogens is 290 g/mol. The highest BCUT2D eigenvalue weighted by Crippen LogP contribution is 2.35. The van der Waals surface area contributed by atoms with E-state index in [9.17, 15) is 0 Å². The third kappa shape index (κ3) is 2.57. The maximum absolute atomic E-state index is 5.76. The Morgan fingerprint density at radius 1 is 1.19 bits per heavy atom. The molecule has 3 aromatic rings. The minimum atomic E-state index is 0.299. The lowest BCUT2D eigenvalue weighted by atomic mass is 10.3. The Balaban J connectivity index is 1.97. The van der Waals surface area contributed by atoms with Gasteiger partial charge in [0.2, 0.25) is 0 Å². The lowest BCUT2D eigenvalue weighted by Gasteiger charge is -2.06. The molecule has 0 aliphatic heterocycles. The molecule has 8 heteroatoms. The van der Waals surface area contributed by atoms with Crippen LogP contribution >= 0.6 is 11.8 Å². The number of hydrogen-bond donors (Lipinski definition) is 2. The standard InChI is InChI=1S/C13H13N5O2S/c1-19-7-3-4-8-9(5-7)18-13(17-8)21-12-10(20-2)11(14)15-6-16-12/h3-6H,1-2H3,(H,17,18)(H2,14,15,16). The fraction of sp³-hybridized carbons (Fsp3) is 0.154. The van der Waals surface area contributed by atoms with Crippen molar-refractivity contribution >= 4 is 28.6 Å². The molecule has 0 aliphatic rings. The Kier molecular flexibility index (Phi) is 3.53. The number of anilines is 1. The van der Waals surface area contributed by atoms with Crippen molar-refractivity contribution < 1.29 is 9.47 Å². The maximum atomic E-state index is 5.76. The van der Waals surface area contributed by atoms with Crippen LogP contribution in [0.5, 0.6) is 11.5 Å². The number of nitrogens with zero attached hydrogens (tertiary/aromatic N) is 3. The van der Waals surface area contributed by atoms with Crippen molar-refractivity contribution in [3.63, 3.8) is 0 Å². The summed E-state index contributed by atoms with van der Waals surface area (Å²) < 4.78 is 10.4. The molecule has 7 nitrogen and oxygen atoms in total. The number of methoxy groups -OCH3 is 2. The number of aromatic nitrogens is 4. The SMILES string of the molecule is COc1ccc2nc(Sc3ncnc(N)c3OC)[nH]c2c1. The van der Waals surface area contributed by atoms with Crippen molar-refractivity contribution in [2.45, 2.75) is 10.2 Å². The fourth-order valence-corrected chi connectivity index (χ4v) is 2.74. The van der Waals surface area contributed by atoms with Crippen LogP contribution in [-0.2, 0) is 0 Å². The molecule has 21 heavy (non-hydrogen) atoms. The van der Waals surface area contributed by atoms with E-state index in [0.29, 0.717) is 21.7 Å². The number of H-pyrrole nitrogens is 1. The van der Waals surface area contributed by atoms with Gasteiger partial charge in [0, 0.05) is 6.07 Å². The molecule has 3 rings (SSSR count). The molecule has 3 N–H and O–H groups in total. The second-order valence-electron chi connectivity index (χ2n) is 4.12. The first-order valence-electron chi connectivity index (χ1n) is 6.07. The summed E-state index contributed by atoms with van der Waals surface area (Å²) in [5.74, 6) is 1.51. The van der Waals surface area contributed by atoms with Crippen LogP contribution in [0.15, 0.2) is 34.7 Å². The summed E-state index contributed by atoms with van der Waals surface area (Å²) in [6.45, 7) is 0. The summed E-state index contributed by atoms with van der Waals surface area (Å²) in [5.41, 5.74) is 7.50. The molecular formula is C13H13N5O2S. The van der Waals surface area contributed by atoms with E-state index >= 15 is 0 Å². The Morgan fingerprint density at radius 2 is 2.05 bits per heavy atom. The molecule has 2 heterocycles. The van der Waals surface area contributed by atoms with Crippen LogP contribution in [-0.4, -0.2) is 34.2 Å². The van der Waals surface area contributed by atoms with Crippen LogP contribution in [0.2, 0.25) is 0 Å². The number of rotatable bonds is 4. The quantitative estimate of drug-likeness (QED) is 0.712. The number of nitrogen functional groups attached to an aromatic ring is 1. The van der Waals surface area contributed by atoms with Crippen LogP contribution in [0.1, 0.15) is 0 Å². The van der Waals surface area contributed by atoms with Gasteiger partial charge in [-0.2, -0.15) is 0 Å². The van der Waals surface area contributed by atoms with Crippen LogP contribution in [0.4, 0.5) is 5.82 Å². The van der Waals surface area contributed by atoms with E-state index in [1.54, 1.807) is 7.11 Å². The van der Waals surface area contributed by atoms with Crippen LogP contribution < -0.4 is 15.2 Å². The molecule has 108 valence electrons. The van der Waals surface area contributed by atoms with Gasteiger partial charge in [0.05, 0.1) is 25.3 Å². The number of ether oxygens (including phenoxy) is 2. The molecule has 0 saturated carbocycles. The average Bonchev–Trinajstić information content (AvgIpc) is 2.88. The molecule has 0 atom stereocenters. The number of fused-ring (bicyclic) bond motifs is 1. The first-order chi connectivity index (χ1) is 10.2. The van der Waals surface area contributed by atoms with Crippen molar-refractivity contribution in [2.75, 3.05) is 20.0 Å². The second kappa shape index (κ2) is 5.49. The molecule has 0 aliphatic carbocycles. The Labute approximate surface area is 124 Å². The number of aromatic amines is 1. The van der Waals surface area contributed by atoms with Crippen molar-refractivity contribution in [1.82, 2.24) is 19.9 Å². The maximum Gasteiger partial charge on any atom is 0.193 e. The minimum Gasteiger partial charge on any atom is -0.497 e. The van der Waals surface area contributed by atoms with E-state index in [2.05, 4.69) is 19.9 Å². The van der Waals surface area contributed by atoms with Crippen molar-refractivity contribution in [2.24, 2.45) is 0 Å². The van der Waals surface area contributed by atoms with Crippen molar-refractivity contribution in [1.29, 1.82) is 0 Å². The van der Waals surface area contributed by atoms with Gasteiger partial charge in [-0.05, 0) is 23.9 Å². The zero-order valence-electron chi connectivity index (χ0n) is 11.5. The first kappa shape index (κ1) is 13.5. The zero-order chi connectivity index (χ0) is 14.8. The summed E-state index contributed by atoms with van der Waals surface area (Å²) >= 11 is 1.33. The van der Waals surface area contributed by atoms with E-state index in [0.717, 1.165) is 16.8 Å². The van der Waals surface area contributed by atoms with Gasteiger partial charge in [-0.3, -0.25) is 0 Å². The van der Waals surface area contributed by atoms with Gasteiger partial charge < -0.3 is 20.2 Å². The normalized spacial score (nSPS) is 10.8. The van der Waals surface area contributed by atoms with Crippen LogP contribution in [0.25, 0.3) is 11.0 Å². The highest BCUT2D eigenvalue weighted by Gasteiger charge is 2.13. The van der Waals surface area contributed by atoms with Gasteiger partial charge in [0.15, 0.2) is 21.7 Å². The summed E-state index contributed by atoms with van der Waals surface area (Å²) in [7, 11) is 3.16. The largest absolute Gasteiger partial charge is 0.497 e. The molecule has 0 unspecified atom stereocenters. The number of hydrogen-bond acceptors (Lipinski definition) is 7. The lowest BCUT2D eigenvalue weighted by molar-refractivity contribution is 0.401. The van der Waals surface area contributed by atoms with E-state index in [1.807, 2.05) is 18.2 Å². The monoisotopic (exact) mass is 303 g/mol. The van der Waals surface area contributed by atoms with Gasteiger partial charge in [-0.1, -0.05) is 0 Å². The smallest absolute Gasteiger partial charge is 0.193 e. The lowest BCUT2D eigenvalue weighted by Crippen LogP contribution is -1.99. The van der Waals surface area contributed by atoms with Crippen LogP contribution in [0, 0.1) is 0 Å². The topological polar surface area (TPSA) is 98.9 Å². The third-order valence-electron chi connectivity index (χ3n) is 2.86. The summed E-state index contributed by atoms with van der Waals surface area (Å²) in [6, 6.07) is 5.64. The van der Waals surface area contributed by atoms with Gasteiger partial charge >= 0.3 is 0 Å². The predicted octanol–water partition coefficient (Wildman–Crippen LogP) is 2.10. The average molecular weight is 303 g/mol. The second-order valence-corrected chi connectivity index (χ2v) is 5.10. The molecule has 2 aromatic heterocycles. The number of imidazole rings is 1. The first-order valence-corrected chi connectivity index (χ1v) is 6.89. The Hall–Kier alpha value is -2.48. The van der Waals surface area contributed by atoms with E-state index in [-0.39, 0.29) is 0 Å². The molecule has 0 radical (unpaired) electrons. The molecule has 0 bridgehead atoms. The number of nitrogens with one attached hydrogen (secondary N) is 1. The Bertz CT molecular complexity index is 789. The van der Waals surface area contributed by atoms with Gasteiger partial charge in [0.1, 0.15) is 12.1 Å². The molecule has 0 spiro atoms. The molecule has 1 aromatic carbocycles. The Morgan fingerprint density at radius 3 is 2.81 bits per heavy atom. The van der Waals surface area contributed by atoms with E-state index in [4.69, 9.17) is 15.2 Å². The molecule has 0 saturated heterocycles. The van der Waals surface area contributed by atoms with E-state index in [1.165, 1.54) is 25.2 Å². The van der Waals surface area contributed by atoms with Crippen molar-refractivity contribution in [3.05, 3.63) is 24.5 Å². The summed E-state index contributed by atoms with van der Waals surface area (Å²) in [5, 5.41) is 1.30. The predicted molar refractivity (Wildman–Crippen MR) is 79.8 cm³/mol. The minimum absolute atomic E-state index is 0.299. The highest BCUT2D eigenvalue weighted by molar-refractivity contribution is 7.99. The zero-order valence-corrected chi connectivity index (χ0v) is 12.3. The molecule has 0 fully saturated rings. The van der Waals surface area contributed by atoms with Gasteiger partial charge in [-0.25, -0.2) is 15.0 Å². The molecule has 0 amide bonds. The third-order valence-corrected chi connectivity index (χ3v) is 3.73. The van der Waals surface area contributed by atoms with E-state index < -0.39 is 0 Å². The number of benzene rings is 1.